The predicted octanol–water partition coefficient (Wildman–Crippen LogP) is 4.73. The molecule has 0 spiro atoms. The van der Waals surface area contributed by atoms with Gasteiger partial charge in [-0.15, -0.1) is 0 Å². The highest BCUT2D eigenvalue weighted by Gasteiger charge is 2.59. The molecule has 0 saturated carbocycles. The van der Waals surface area contributed by atoms with Gasteiger partial charge in [-0.05, 0) is 61.1 Å². The van der Waals surface area contributed by atoms with E-state index in [-0.39, 0.29) is 24.6 Å². The number of nitrogens with one attached hydrogen (secondary N) is 2. The Morgan fingerprint density at radius 3 is 2.65 bits per heavy atom. The van der Waals surface area contributed by atoms with Gasteiger partial charge in [0.05, 0.1) is 25.2 Å². The average molecular weight is 713 g/mol. The van der Waals surface area contributed by atoms with Crippen molar-refractivity contribution in [3.05, 3.63) is 70.3 Å². The molecule has 1 aromatic heterocycles. The first-order chi connectivity index (χ1) is 24.2. The lowest BCUT2D eigenvalue weighted by molar-refractivity contribution is -0.141. The second-order valence-corrected chi connectivity index (χ2v) is 14.0. The predicted molar refractivity (Wildman–Crippen MR) is 187 cm³/mol. The molecule has 1 aliphatic carbocycles. The van der Waals surface area contributed by atoms with Crippen LogP contribution in [0.2, 0.25) is 0 Å². The molecule has 1 fully saturated rings. The monoisotopic (exact) mass is 712 g/mol. The van der Waals surface area contributed by atoms with Crippen LogP contribution in [0.25, 0.3) is 16.8 Å². The maximum atomic E-state index is 14.4. The van der Waals surface area contributed by atoms with Crippen molar-refractivity contribution < 1.29 is 43.2 Å². The Labute approximate surface area is 294 Å². The fourth-order valence-corrected chi connectivity index (χ4v) is 6.51. The minimum Gasteiger partial charge on any atom is -0.394 e. The molecule has 0 bridgehead atoms. The first-order valence-electron chi connectivity index (χ1n) is 17.2. The number of alkyl halides is 2. The molecule has 1 amide bonds. The number of rotatable bonds is 17. The highest BCUT2D eigenvalue weighted by atomic mass is 19.3. The van der Waals surface area contributed by atoms with Gasteiger partial charge in [-0.2, -0.15) is 13.8 Å². The number of ether oxygens (including phenoxy) is 2. The quantitative estimate of drug-likeness (QED) is 0.123. The van der Waals surface area contributed by atoms with E-state index in [1.54, 1.807) is 19.9 Å². The number of carbonyl (C=O) groups is 2. The third kappa shape index (κ3) is 9.05. The first-order valence-corrected chi connectivity index (χ1v) is 17.2. The Morgan fingerprint density at radius 2 is 1.92 bits per heavy atom. The van der Waals surface area contributed by atoms with E-state index < -0.39 is 54.3 Å². The summed E-state index contributed by atoms with van der Waals surface area (Å²) in [6.07, 6.45) is 1.59. The first kappa shape index (κ1) is 38.2. The molecular weight excluding hydrogens is 666 g/mol. The van der Waals surface area contributed by atoms with Crippen molar-refractivity contribution in [3.63, 3.8) is 0 Å². The van der Waals surface area contributed by atoms with E-state index in [2.05, 4.69) is 22.5 Å². The van der Waals surface area contributed by atoms with Crippen LogP contribution < -0.4 is 16.3 Å². The van der Waals surface area contributed by atoms with Crippen molar-refractivity contribution in [1.82, 2.24) is 9.55 Å². The van der Waals surface area contributed by atoms with Crippen LogP contribution in [0.5, 0.6) is 0 Å². The lowest BCUT2D eigenvalue weighted by atomic mass is 9.90. The van der Waals surface area contributed by atoms with Gasteiger partial charge >= 0.3 is 11.6 Å². The molecular formula is C37H46F2N4O8. The maximum absolute atomic E-state index is 14.4. The minimum absolute atomic E-state index is 0.0615. The van der Waals surface area contributed by atoms with Crippen LogP contribution >= 0.6 is 0 Å². The highest BCUT2D eigenvalue weighted by molar-refractivity contribution is 5.99. The van der Waals surface area contributed by atoms with Crippen LogP contribution in [0.15, 0.2) is 53.5 Å². The van der Waals surface area contributed by atoms with E-state index in [1.165, 1.54) is 0 Å². The molecule has 3 aromatic rings. The number of ketones is 1. The maximum Gasteiger partial charge on any atom is 0.351 e. The number of unbranched alkanes of at least 4 members (excludes halogenated alkanes) is 1. The Bertz CT molecular complexity index is 1810. The molecule has 2 unspecified atom stereocenters. The molecule has 12 nitrogen and oxygen atoms in total. The zero-order chi connectivity index (χ0) is 36.9. The van der Waals surface area contributed by atoms with E-state index in [9.17, 15) is 33.4 Å². The number of halogens is 2. The number of aliphatic hydroxyl groups excluding tert-OH is 3. The summed E-state index contributed by atoms with van der Waals surface area (Å²) >= 11 is 0. The summed E-state index contributed by atoms with van der Waals surface area (Å²) < 4.78 is 40.3. The second-order valence-electron chi connectivity index (χ2n) is 14.0. The van der Waals surface area contributed by atoms with Crippen LogP contribution in [-0.4, -0.2) is 80.1 Å². The SMILES string of the molecule is CC(CCCCC(=O)CNc1ccc2cccc3c2c1C(O)C=C3)CCOC(C)(C)CC(=O)Nc1ccn([C@@H]2O[C@H](CO)[C@H](O)C2(F)F)c(=O)n1. The topological polar surface area (TPSA) is 172 Å². The molecule has 14 heteroatoms. The van der Waals surface area contributed by atoms with Crippen LogP contribution in [-0.2, 0) is 19.1 Å². The number of aromatic nitrogens is 2. The normalized spacial score (nSPS) is 21.5. The van der Waals surface area contributed by atoms with Crippen LogP contribution in [0.1, 0.15) is 82.8 Å². The Kier molecular flexibility index (Phi) is 12.0. The number of anilines is 2. The van der Waals surface area contributed by atoms with Gasteiger partial charge in [0.25, 0.3) is 0 Å². The third-order valence-electron chi connectivity index (χ3n) is 9.35. The van der Waals surface area contributed by atoms with Gasteiger partial charge in [-0.3, -0.25) is 14.2 Å². The average Bonchev–Trinajstić information content (AvgIpc) is 3.30. The van der Waals surface area contributed by atoms with E-state index in [1.807, 2.05) is 36.4 Å². The molecule has 0 radical (unpaired) electrons. The molecule has 2 heterocycles. The number of aliphatic hydroxyl groups is 3. The smallest absolute Gasteiger partial charge is 0.351 e. The number of benzene rings is 2. The molecule has 5 N–H and O–H groups in total. The highest BCUT2D eigenvalue weighted by Crippen LogP contribution is 2.42. The molecule has 5 atom stereocenters. The fourth-order valence-electron chi connectivity index (χ4n) is 6.51. The number of amides is 1. The van der Waals surface area contributed by atoms with Crippen molar-refractivity contribution in [2.45, 2.75) is 95.4 Å². The summed E-state index contributed by atoms with van der Waals surface area (Å²) in [5.41, 5.74) is 0.635. The summed E-state index contributed by atoms with van der Waals surface area (Å²) in [7, 11) is 0. The summed E-state index contributed by atoms with van der Waals surface area (Å²) in [4.78, 5) is 41.5. The van der Waals surface area contributed by atoms with Gasteiger partial charge < -0.3 is 35.4 Å². The van der Waals surface area contributed by atoms with Gasteiger partial charge in [0.1, 0.15) is 18.0 Å². The van der Waals surface area contributed by atoms with E-state index in [4.69, 9.17) is 14.6 Å². The number of Topliss-reactive ketones (excluding diaryl/α,β-unsaturated/α-hetero) is 1. The van der Waals surface area contributed by atoms with Gasteiger partial charge in [0.2, 0.25) is 12.1 Å². The molecule has 5 rings (SSSR count). The van der Waals surface area contributed by atoms with Gasteiger partial charge in [0, 0.05) is 30.5 Å². The summed E-state index contributed by atoms with van der Waals surface area (Å²) in [5.74, 6) is -4.05. The van der Waals surface area contributed by atoms with Crippen LogP contribution in [0, 0.1) is 5.92 Å². The van der Waals surface area contributed by atoms with Crippen molar-refractivity contribution in [1.29, 1.82) is 0 Å². The molecule has 2 aliphatic rings. The fraction of sp³-hybridized carbons (Fsp3) is 0.514. The second kappa shape index (κ2) is 16.1. The summed E-state index contributed by atoms with van der Waals surface area (Å²) in [6, 6.07) is 11.1. The Morgan fingerprint density at radius 1 is 1.14 bits per heavy atom. The van der Waals surface area contributed by atoms with Gasteiger partial charge in [-0.1, -0.05) is 56.2 Å². The van der Waals surface area contributed by atoms with Crippen LogP contribution in [0.3, 0.4) is 0 Å². The van der Waals surface area contributed by atoms with Gasteiger partial charge in [-0.25, -0.2) is 4.79 Å². The molecule has 276 valence electrons. The van der Waals surface area contributed by atoms with Crippen molar-refractivity contribution in [2.24, 2.45) is 5.92 Å². The summed E-state index contributed by atoms with van der Waals surface area (Å²) in [6.45, 7) is 5.36. The minimum atomic E-state index is -3.84. The number of hydrogen-bond donors (Lipinski definition) is 5. The largest absolute Gasteiger partial charge is 0.394 e. The lowest BCUT2D eigenvalue weighted by Crippen LogP contribution is -2.41. The van der Waals surface area contributed by atoms with E-state index in [0.717, 1.165) is 65.5 Å². The van der Waals surface area contributed by atoms with Gasteiger partial charge in [0.15, 0.2) is 11.9 Å². The molecule has 1 saturated heterocycles. The van der Waals surface area contributed by atoms with Crippen LogP contribution in [0.4, 0.5) is 20.3 Å². The zero-order valence-corrected chi connectivity index (χ0v) is 29.0. The molecule has 1 aliphatic heterocycles. The van der Waals surface area contributed by atoms with E-state index >= 15 is 0 Å². The Hall–Kier alpha value is -4.08. The van der Waals surface area contributed by atoms with E-state index in [0.29, 0.717) is 23.5 Å². The number of carbonyl (C=O) groups excluding carboxylic acids is 2. The Balaban J connectivity index is 0.984. The number of hydrogen-bond acceptors (Lipinski definition) is 10. The van der Waals surface area contributed by atoms with Crippen molar-refractivity contribution in [2.75, 3.05) is 30.4 Å². The molecule has 2 aromatic carbocycles. The molecule has 51 heavy (non-hydrogen) atoms. The lowest BCUT2D eigenvalue weighted by Gasteiger charge is -2.25. The third-order valence-corrected chi connectivity index (χ3v) is 9.35. The van der Waals surface area contributed by atoms with Crippen molar-refractivity contribution in [3.8, 4) is 0 Å². The standard InChI is InChI=1S/C37H46F2N4O8/c1-22(7-4-5-10-25(45)20-40-26-13-11-23-8-6-9-24-12-14-27(46)32(26)31(23)24)16-18-50-36(2,3)19-30(47)41-29-15-17-43(35(49)42-29)34-37(38,39)33(48)28(21-44)51-34/h6,8-9,11-15,17,22,27-28,33-34,40,44,46,48H,4-5,7,10,16,18-21H2,1-3H3,(H,41,42,47,49)/t22?,27?,28-,33+,34-/m1/s1. The summed E-state index contributed by atoms with van der Waals surface area (Å²) in [5, 5.41) is 37.3. The van der Waals surface area contributed by atoms with Crippen molar-refractivity contribution >= 4 is 40.0 Å². The zero-order valence-electron chi connectivity index (χ0n) is 29.0. The number of nitrogens with zero attached hydrogens (tertiary/aromatic N) is 2.